The molecule has 0 aliphatic carbocycles. The fraction of sp³-hybridized carbons (Fsp3) is 0.400. The Balaban J connectivity index is 2.19. The lowest BCUT2D eigenvalue weighted by atomic mass is 9.87. The number of ketones is 1. The first-order valence-electron chi connectivity index (χ1n) is 11.3. The van der Waals surface area contributed by atoms with Gasteiger partial charge < -0.3 is 18.9 Å². The maximum atomic E-state index is 13.3. The quantitative estimate of drug-likeness (QED) is 0.152. The lowest BCUT2D eigenvalue weighted by Crippen LogP contribution is -2.34. The molecule has 37 heavy (non-hydrogen) atoms. The minimum Gasteiger partial charge on any atom is -0.496 e. The Labute approximate surface area is 218 Å². The van der Waals surface area contributed by atoms with Crippen LogP contribution in [0.25, 0.3) is 0 Å². The van der Waals surface area contributed by atoms with E-state index < -0.39 is 22.6 Å². The molecule has 0 radical (unpaired) electrons. The summed E-state index contributed by atoms with van der Waals surface area (Å²) in [6.07, 6.45) is 0.589. The number of rotatable bonds is 9. The Morgan fingerprint density at radius 1 is 1.14 bits per heavy atom. The monoisotopic (exact) mass is 534 g/mol. The van der Waals surface area contributed by atoms with Crippen molar-refractivity contribution in [2.75, 3.05) is 34.4 Å². The van der Waals surface area contributed by atoms with Crippen LogP contribution in [0.5, 0.6) is 17.2 Å². The zero-order chi connectivity index (χ0) is 27.4. The van der Waals surface area contributed by atoms with E-state index in [0.717, 1.165) is 12.1 Å². The maximum absolute atomic E-state index is 13.3. The van der Waals surface area contributed by atoms with Gasteiger partial charge >= 0.3 is 11.9 Å². The van der Waals surface area contributed by atoms with Gasteiger partial charge in [0, 0.05) is 36.6 Å². The number of halogens is 1. The molecule has 2 aromatic carbocycles. The number of nitro benzene ring substituents is 1. The predicted molar refractivity (Wildman–Crippen MR) is 133 cm³/mol. The molecule has 0 aromatic heterocycles. The zero-order valence-electron chi connectivity index (χ0n) is 21.0. The summed E-state index contributed by atoms with van der Waals surface area (Å²) < 4.78 is 22.1. The molecular formula is C25H27ClN2O9. The number of non-ortho nitro benzene ring substituents is 1. The third kappa shape index (κ3) is 5.83. The van der Waals surface area contributed by atoms with E-state index >= 15 is 0 Å². The lowest BCUT2D eigenvalue weighted by molar-refractivity contribution is -0.384. The van der Waals surface area contributed by atoms with Gasteiger partial charge in [0.1, 0.15) is 23.7 Å². The second-order valence-corrected chi connectivity index (χ2v) is 8.92. The van der Waals surface area contributed by atoms with Crippen molar-refractivity contribution in [2.24, 2.45) is 0 Å². The number of hydrogen-bond acceptors (Lipinski definition) is 10. The molecule has 1 saturated heterocycles. The van der Waals surface area contributed by atoms with Gasteiger partial charge in [0.15, 0.2) is 11.5 Å². The van der Waals surface area contributed by atoms with Gasteiger partial charge in [-0.1, -0.05) is 11.6 Å². The van der Waals surface area contributed by atoms with Crippen LogP contribution in [0.15, 0.2) is 24.3 Å². The number of ether oxygens (including phenoxy) is 4. The van der Waals surface area contributed by atoms with Gasteiger partial charge in [-0.2, -0.15) is 0 Å². The van der Waals surface area contributed by atoms with Crippen molar-refractivity contribution in [1.82, 2.24) is 4.90 Å². The minimum atomic E-state index is -0.929. The summed E-state index contributed by atoms with van der Waals surface area (Å²) in [5.74, 6) is -1.77. The van der Waals surface area contributed by atoms with Crippen molar-refractivity contribution in [2.45, 2.75) is 32.2 Å². The van der Waals surface area contributed by atoms with Crippen LogP contribution in [0, 0.1) is 10.1 Å². The van der Waals surface area contributed by atoms with Gasteiger partial charge in [0.25, 0.3) is 5.69 Å². The molecule has 2 aromatic rings. The molecule has 11 nitrogen and oxygen atoms in total. The van der Waals surface area contributed by atoms with Crippen LogP contribution in [-0.2, 0) is 9.53 Å². The van der Waals surface area contributed by atoms with Crippen LogP contribution in [0.3, 0.4) is 0 Å². The van der Waals surface area contributed by atoms with Crippen molar-refractivity contribution >= 4 is 35.0 Å². The summed E-state index contributed by atoms with van der Waals surface area (Å²) in [4.78, 5) is 50.0. The highest BCUT2D eigenvalue weighted by Crippen LogP contribution is 2.48. The van der Waals surface area contributed by atoms with Crippen molar-refractivity contribution < 1.29 is 38.3 Å². The summed E-state index contributed by atoms with van der Waals surface area (Å²) in [6, 6.07) is 4.59. The summed E-state index contributed by atoms with van der Waals surface area (Å²) in [6.45, 7) is 3.33. The molecule has 0 saturated carbocycles. The summed E-state index contributed by atoms with van der Waals surface area (Å²) in [5, 5.41) is 10.9. The van der Waals surface area contributed by atoms with Gasteiger partial charge in [-0.25, -0.2) is 4.79 Å². The van der Waals surface area contributed by atoms with E-state index in [9.17, 15) is 24.5 Å². The number of benzene rings is 2. The number of likely N-dealkylation sites (N-methyl/N-ethyl adjacent to an activating group) is 1. The Bertz CT molecular complexity index is 1250. The lowest BCUT2D eigenvalue weighted by Gasteiger charge is -2.28. The first-order valence-corrected chi connectivity index (χ1v) is 11.7. The number of esters is 2. The number of likely N-dealkylation sites (tertiary alicyclic amines) is 1. The molecule has 0 unspecified atom stereocenters. The third-order valence-electron chi connectivity index (χ3n) is 6.27. The SMILES string of the molecule is COc1cc(OC)c([C@H]2CCN(C)[C@@H]2COC(C)=O)c(OC(=O)c2ccc([N+](=O)[O-])cc2Cl)c1C(C)=O. The second-order valence-electron chi connectivity index (χ2n) is 8.51. The first kappa shape index (κ1) is 27.9. The average Bonchev–Trinajstić information content (AvgIpc) is 3.20. The minimum absolute atomic E-state index is 0.0190. The molecule has 3 rings (SSSR count). The number of methoxy groups -OCH3 is 2. The molecule has 198 valence electrons. The number of nitrogens with zero attached hydrogens (tertiary/aromatic N) is 2. The molecule has 1 aliphatic rings. The van der Waals surface area contributed by atoms with E-state index in [4.69, 9.17) is 30.5 Å². The van der Waals surface area contributed by atoms with Crippen LogP contribution in [0.2, 0.25) is 5.02 Å². The smallest absolute Gasteiger partial charge is 0.345 e. The van der Waals surface area contributed by atoms with Crippen LogP contribution in [-0.4, -0.2) is 68.0 Å². The van der Waals surface area contributed by atoms with Gasteiger partial charge in [-0.15, -0.1) is 0 Å². The molecule has 0 bridgehead atoms. The fourth-order valence-electron chi connectivity index (χ4n) is 4.47. The maximum Gasteiger partial charge on any atom is 0.345 e. The van der Waals surface area contributed by atoms with Crippen LogP contribution in [0.1, 0.15) is 52.5 Å². The topological polar surface area (TPSA) is 135 Å². The Kier molecular flexibility index (Phi) is 8.72. The van der Waals surface area contributed by atoms with Gasteiger partial charge in [-0.05, 0) is 33.0 Å². The van der Waals surface area contributed by atoms with E-state index in [0.29, 0.717) is 24.3 Å². The van der Waals surface area contributed by atoms with E-state index in [1.165, 1.54) is 34.1 Å². The number of nitro groups is 1. The Morgan fingerprint density at radius 2 is 1.81 bits per heavy atom. The van der Waals surface area contributed by atoms with Crippen LogP contribution >= 0.6 is 11.6 Å². The standard InChI is InChI=1S/C25H27ClN2O9/c1-13(29)22-20(34-4)11-21(35-5)23(17-8-9-27(3)19(17)12-36-14(2)30)24(22)37-25(31)16-7-6-15(28(32)33)10-18(16)26/h6-7,10-11,17,19H,8-9,12H2,1-5H3/t17-,19+/m0/s1. The molecule has 0 N–H and O–H groups in total. The molecule has 0 amide bonds. The number of carbonyl (C=O) groups is 3. The Morgan fingerprint density at radius 3 is 2.35 bits per heavy atom. The molecule has 1 aliphatic heterocycles. The molecule has 0 spiro atoms. The van der Waals surface area contributed by atoms with E-state index in [2.05, 4.69) is 0 Å². The largest absolute Gasteiger partial charge is 0.496 e. The first-order chi connectivity index (χ1) is 17.5. The summed E-state index contributed by atoms with van der Waals surface area (Å²) in [7, 11) is 4.68. The van der Waals surface area contributed by atoms with E-state index in [-0.39, 0.29) is 51.9 Å². The molecule has 12 heteroatoms. The molecule has 2 atom stereocenters. The average molecular weight is 535 g/mol. The summed E-state index contributed by atoms with van der Waals surface area (Å²) in [5.41, 5.74) is 0.0263. The fourth-order valence-corrected chi connectivity index (χ4v) is 4.72. The van der Waals surface area contributed by atoms with Crippen molar-refractivity contribution in [1.29, 1.82) is 0 Å². The second kappa shape index (κ2) is 11.6. The van der Waals surface area contributed by atoms with Gasteiger partial charge in [0.2, 0.25) is 0 Å². The number of hydrogen-bond donors (Lipinski definition) is 0. The highest BCUT2D eigenvalue weighted by Gasteiger charge is 2.40. The van der Waals surface area contributed by atoms with E-state index in [1.807, 2.05) is 11.9 Å². The van der Waals surface area contributed by atoms with Crippen molar-refractivity contribution in [3.8, 4) is 17.2 Å². The number of carbonyl (C=O) groups excluding carboxylic acids is 3. The van der Waals surface area contributed by atoms with Crippen LogP contribution < -0.4 is 14.2 Å². The summed E-state index contributed by atoms with van der Waals surface area (Å²) >= 11 is 6.16. The normalized spacial score (nSPS) is 17.2. The molecule has 1 heterocycles. The highest BCUT2D eigenvalue weighted by atomic mass is 35.5. The third-order valence-corrected chi connectivity index (χ3v) is 6.58. The van der Waals surface area contributed by atoms with Crippen LogP contribution in [0.4, 0.5) is 5.69 Å². The van der Waals surface area contributed by atoms with Crippen molar-refractivity contribution in [3.05, 3.63) is 56.1 Å². The van der Waals surface area contributed by atoms with E-state index in [1.54, 1.807) is 6.07 Å². The molecular weight excluding hydrogens is 508 g/mol. The Hall–Kier alpha value is -3.70. The zero-order valence-corrected chi connectivity index (χ0v) is 21.8. The van der Waals surface area contributed by atoms with Gasteiger partial charge in [0.05, 0.1) is 35.8 Å². The molecule has 1 fully saturated rings. The highest BCUT2D eigenvalue weighted by molar-refractivity contribution is 6.33. The number of Topliss-reactive ketones (excluding diaryl/α,β-unsaturated/α-hetero) is 1. The predicted octanol–water partition coefficient (Wildman–Crippen LogP) is 4.04. The van der Waals surface area contributed by atoms with Gasteiger partial charge in [-0.3, -0.25) is 24.6 Å². The van der Waals surface area contributed by atoms with Crippen molar-refractivity contribution in [3.63, 3.8) is 0 Å².